The summed E-state index contributed by atoms with van der Waals surface area (Å²) < 4.78 is 17.0. The molecule has 1 fully saturated rings. The second kappa shape index (κ2) is 12.6. The summed E-state index contributed by atoms with van der Waals surface area (Å²) in [5.74, 6) is 0.207. The van der Waals surface area contributed by atoms with Gasteiger partial charge in [0.05, 0.1) is 31.9 Å². The molecule has 3 rings (SSSR count). The van der Waals surface area contributed by atoms with Gasteiger partial charge >= 0.3 is 0 Å². The molecule has 1 heterocycles. The predicted octanol–water partition coefficient (Wildman–Crippen LogP) is 4.56. The zero-order valence-corrected chi connectivity index (χ0v) is 22.7. The molecule has 0 bridgehead atoms. The fourth-order valence-electron chi connectivity index (χ4n) is 4.33. The van der Waals surface area contributed by atoms with E-state index >= 15 is 0 Å². The van der Waals surface area contributed by atoms with Crippen LogP contribution in [0.2, 0.25) is 0 Å². The Labute approximate surface area is 219 Å². The average Bonchev–Trinajstić information content (AvgIpc) is 3.13. The van der Waals surface area contributed by atoms with Gasteiger partial charge in [0.2, 0.25) is 0 Å². The Kier molecular flexibility index (Phi) is 9.58. The lowest BCUT2D eigenvalue weighted by atomic mass is 9.94. The zero-order chi connectivity index (χ0) is 27.1. The van der Waals surface area contributed by atoms with Crippen LogP contribution in [0.1, 0.15) is 49.4 Å². The van der Waals surface area contributed by atoms with E-state index in [0.29, 0.717) is 48.9 Å². The number of likely N-dealkylation sites (tertiary alicyclic amines) is 1. The highest BCUT2D eigenvalue weighted by atomic mass is 16.5. The van der Waals surface area contributed by atoms with Crippen molar-refractivity contribution in [2.24, 2.45) is 0 Å². The van der Waals surface area contributed by atoms with Crippen LogP contribution in [0.25, 0.3) is 5.76 Å². The Hall–Kier alpha value is -3.52. The number of aliphatic hydroxyl groups excluding tert-OH is 1. The fraction of sp³-hybridized carbons (Fsp3) is 0.448. The van der Waals surface area contributed by atoms with Crippen LogP contribution >= 0.6 is 0 Å². The molecule has 1 saturated heterocycles. The first-order valence-corrected chi connectivity index (χ1v) is 12.7. The van der Waals surface area contributed by atoms with Gasteiger partial charge in [-0.15, -0.1) is 0 Å². The van der Waals surface area contributed by atoms with Crippen molar-refractivity contribution in [1.29, 1.82) is 0 Å². The molecule has 0 unspecified atom stereocenters. The lowest BCUT2D eigenvalue weighted by Crippen LogP contribution is -2.35. The number of rotatable bonds is 12. The first-order valence-electron chi connectivity index (χ1n) is 12.7. The second-order valence-corrected chi connectivity index (χ2v) is 9.32. The third-order valence-electron chi connectivity index (χ3n) is 6.34. The van der Waals surface area contributed by atoms with Crippen molar-refractivity contribution in [3.8, 4) is 17.2 Å². The minimum absolute atomic E-state index is 0.0500. The number of unbranched alkanes of at least 4 members (excludes halogenated alkanes) is 1. The van der Waals surface area contributed by atoms with Gasteiger partial charge < -0.3 is 29.1 Å². The number of benzene rings is 2. The van der Waals surface area contributed by atoms with Crippen LogP contribution in [0, 0.1) is 6.92 Å². The molecule has 8 heteroatoms. The first kappa shape index (κ1) is 28.1. The van der Waals surface area contributed by atoms with Crippen LogP contribution in [0.5, 0.6) is 17.2 Å². The van der Waals surface area contributed by atoms with Crippen molar-refractivity contribution < 1.29 is 28.9 Å². The molecule has 8 nitrogen and oxygen atoms in total. The summed E-state index contributed by atoms with van der Waals surface area (Å²) in [4.78, 5) is 29.9. The summed E-state index contributed by atoms with van der Waals surface area (Å²) in [5, 5.41) is 11.4. The van der Waals surface area contributed by atoms with Gasteiger partial charge in [-0.25, -0.2) is 0 Å². The van der Waals surface area contributed by atoms with Crippen LogP contribution < -0.4 is 14.2 Å². The highest BCUT2D eigenvalue weighted by Gasteiger charge is 2.46. The number of methoxy groups -OCH3 is 1. The molecule has 1 aliphatic heterocycles. The molecule has 1 amide bonds. The lowest BCUT2D eigenvalue weighted by molar-refractivity contribution is -0.140. The quantitative estimate of drug-likeness (QED) is 0.194. The van der Waals surface area contributed by atoms with Crippen LogP contribution in [-0.4, -0.2) is 74.1 Å². The largest absolute Gasteiger partial charge is 0.507 e. The summed E-state index contributed by atoms with van der Waals surface area (Å²) in [5.41, 5.74) is 1.99. The number of hydrogen-bond acceptors (Lipinski definition) is 7. The number of nitrogens with zero attached hydrogens (tertiary/aromatic N) is 2. The molecule has 1 atom stereocenters. The van der Waals surface area contributed by atoms with Crippen molar-refractivity contribution in [2.45, 2.75) is 39.7 Å². The molecule has 0 radical (unpaired) electrons. The number of carbonyl (C=O) groups excluding carboxylic acids is 2. The maximum absolute atomic E-state index is 13.3. The Morgan fingerprint density at radius 1 is 1.03 bits per heavy atom. The summed E-state index contributed by atoms with van der Waals surface area (Å²) in [6, 6.07) is 9.83. The number of aryl methyl sites for hydroxylation is 1. The van der Waals surface area contributed by atoms with Gasteiger partial charge in [0.1, 0.15) is 11.5 Å². The first-order chi connectivity index (χ1) is 17.7. The third kappa shape index (κ3) is 6.25. The number of carbonyl (C=O) groups is 2. The SMILES string of the molecule is CCCCOc1ccc(C(O)=C2C(=O)C(=O)N(CCN(C)C)[C@@H]2c2ccc(OCC)c(OC)c2)cc1C. The number of ketones is 1. The van der Waals surface area contributed by atoms with Gasteiger partial charge in [0.15, 0.2) is 11.5 Å². The molecule has 2 aromatic carbocycles. The lowest BCUT2D eigenvalue weighted by Gasteiger charge is -2.27. The van der Waals surface area contributed by atoms with Crippen molar-refractivity contribution in [2.75, 3.05) is 47.5 Å². The number of likely N-dealkylation sites (N-methyl/N-ethyl adjacent to an activating group) is 1. The van der Waals surface area contributed by atoms with Crippen molar-refractivity contribution in [3.63, 3.8) is 0 Å². The van der Waals surface area contributed by atoms with Gasteiger partial charge in [0, 0.05) is 18.7 Å². The van der Waals surface area contributed by atoms with E-state index in [1.165, 1.54) is 12.0 Å². The maximum atomic E-state index is 13.3. The Morgan fingerprint density at radius 2 is 1.76 bits per heavy atom. The fourth-order valence-corrected chi connectivity index (χ4v) is 4.33. The molecule has 200 valence electrons. The van der Waals surface area contributed by atoms with E-state index in [0.717, 1.165) is 24.2 Å². The average molecular weight is 511 g/mol. The third-order valence-corrected chi connectivity index (χ3v) is 6.34. The highest BCUT2D eigenvalue weighted by molar-refractivity contribution is 6.46. The molecule has 0 aromatic heterocycles. The van der Waals surface area contributed by atoms with E-state index in [4.69, 9.17) is 14.2 Å². The zero-order valence-electron chi connectivity index (χ0n) is 22.7. The van der Waals surface area contributed by atoms with Crippen molar-refractivity contribution >= 4 is 17.4 Å². The van der Waals surface area contributed by atoms with Gasteiger partial charge in [-0.1, -0.05) is 19.4 Å². The highest BCUT2D eigenvalue weighted by Crippen LogP contribution is 2.42. The van der Waals surface area contributed by atoms with Crippen LogP contribution in [-0.2, 0) is 9.59 Å². The van der Waals surface area contributed by atoms with Gasteiger partial charge in [-0.2, -0.15) is 0 Å². The molecule has 2 aromatic rings. The minimum atomic E-state index is -0.773. The molecular weight excluding hydrogens is 472 g/mol. The number of aliphatic hydroxyl groups is 1. The molecule has 37 heavy (non-hydrogen) atoms. The summed E-state index contributed by atoms with van der Waals surface area (Å²) in [6.45, 7) is 7.82. The number of Topliss-reactive ketones (excluding diaryl/α,β-unsaturated/α-hetero) is 1. The van der Waals surface area contributed by atoms with Gasteiger partial charge in [-0.05, 0) is 75.8 Å². The van der Waals surface area contributed by atoms with E-state index in [9.17, 15) is 14.7 Å². The Bertz CT molecular complexity index is 1160. The van der Waals surface area contributed by atoms with Crippen LogP contribution in [0.3, 0.4) is 0 Å². The van der Waals surface area contributed by atoms with Crippen LogP contribution in [0.15, 0.2) is 42.0 Å². The van der Waals surface area contributed by atoms with E-state index < -0.39 is 17.7 Å². The standard InChI is InChI=1S/C29H38N2O6/c1-7-9-16-37-22-12-11-21(17-19(22)3)27(32)25-26(31(15-14-30(4)5)29(34)28(25)33)20-10-13-23(36-8-2)24(18-20)35-6/h10-13,17-18,26,32H,7-9,14-16H2,1-6H3/t26-/m1/s1. The molecule has 0 saturated carbocycles. The molecular formula is C29H38N2O6. The van der Waals surface area contributed by atoms with Crippen LogP contribution in [0.4, 0.5) is 0 Å². The van der Waals surface area contributed by atoms with E-state index in [1.54, 1.807) is 36.4 Å². The summed E-state index contributed by atoms with van der Waals surface area (Å²) in [6.07, 6.45) is 1.98. The van der Waals surface area contributed by atoms with Gasteiger partial charge in [0.25, 0.3) is 11.7 Å². The normalized spacial score (nSPS) is 16.9. The van der Waals surface area contributed by atoms with Crippen molar-refractivity contribution in [1.82, 2.24) is 9.80 Å². The number of hydrogen-bond donors (Lipinski definition) is 1. The smallest absolute Gasteiger partial charge is 0.295 e. The summed E-state index contributed by atoms with van der Waals surface area (Å²) >= 11 is 0. The monoisotopic (exact) mass is 510 g/mol. The van der Waals surface area contributed by atoms with E-state index in [-0.39, 0.29) is 11.3 Å². The maximum Gasteiger partial charge on any atom is 0.295 e. The molecule has 0 spiro atoms. The summed E-state index contributed by atoms with van der Waals surface area (Å²) in [7, 11) is 5.34. The molecule has 1 aliphatic rings. The molecule has 0 aliphatic carbocycles. The van der Waals surface area contributed by atoms with E-state index in [1.807, 2.05) is 32.8 Å². The van der Waals surface area contributed by atoms with Crippen molar-refractivity contribution in [3.05, 3.63) is 58.7 Å². The minimum Gasteiger partial charge on any atom is -0.507 e. The van der Waals surface area contributed by atoms with Gasteiger partial charge in [-0.3, -0.25) is 9.59 Å². The van der Waals surface area contributed by atoms with E-state index in [2.05, 4.69) is 6.92 Å². The Balaban J connectivity index is 2.10. The predicted molar refractivity (Wildman–Crippen MR) is 143 cm³/mol. The number of ether oxygens (including phenoxy) is 3. The number of amides is 1. The second-order valence-electron chi connectivity index (χ2n) is 9.32. The Morgan fingerprint density at radius 3 is 2.38 bits per heavy atom. The topological polar surface area (TPSA) is 88.5 Å². The molecule has 1 N–H and O–H groups in total.